The van der Waals surface area contributed by atoms with E-state index in [1.165, 1.54) is 76.2 Å². The average molecular weight is 353 g/mol. The van der Waals surface area contributed by atoms with Crippen LogP contribution in [0.5, 0.6) is 5.75 Å². The standard InChI is InChI=1S/C25H36O/c1-3-8-20-11-13-21(14-12-20)19-22(4-2)23-15-17-25(18-16-23)26-24-9-6-5-7-10-24/h2,15-18,20-22,24H,3,5-14,19H2,1H3. The maximum atomic E-state index is 6.16. The van der Waals surface area contributed by atoms with Crippen molar-refractivity contribution in [3.8, 4) is 18.1 Å². The van der Waals surface area contributed by atoms with Gasteiger partial charge >= 0.3 is 0 Å². The summed E-state index contributed by atoms with van der Waals surface area (Å²) in [6, 6.07) is 8.66. The fourth-order valence-corrected chi connectivity index (χ4v) is 4.95. The van der Waals surface area contributed by atoms with Gasteiger partial charge < -0.3 is 4.74 Å². The second kappa shape index (κ2) is 10.1. The molecule has 2 aliphatic rings. The molecule has 0 heterocycles. The van der Waals surface area contributed by atoms with E-state index in [0.29, 0.717) is 6.10 Å². The molecule has 0 N–H and O–H groups in total. The third-order valence-corrected chi connectivity index (χ3v) is 6.57. The Morgan fingerprint density at radius 1 is 0.962 bits per heavy atom. The van der Waals surface area contributed by atoms with Gasteiger partial charge in [-0.15, -0.1) is 6.42 Å². The van der Waals surface area contributed by atoms with Gasteiger partial charge in [0.1, 0.15) is 5.75 Å². The van der Waals surface area contributed by atoms with Crippen LogP contribution in [0.2, 0.25) is 0 Å². The van der Waals surface area contributed by atoms with Crippen molar-refractivity contribution >= 4 is 0 Å². The van der Waals surface area contributed by atoms with E-state index in [0.717, 1.165) is 24.0 Å². The highest BCUT2D eigenvalue weighted by atomic mass is 16.5. The van der Waals surface area contributed by atoms with E-state index in [4.69, 9.17) is 11.2 Å². The van der Waals surface area contributed by atoms with Crippen LogP contribution in [-0.2, 0) is 0 Å². The highest BCUT2D eigenvalue weighted by molar-refractivity contribution is 5.33. The molecular formula is C25H36O. The zero-order valence-corrected chi connectivity index (χ0v) is 16.6. The van der Waals surface area contributed by atoms with Gasteiger partial charge in [0, 0.05) is 5.92 Å². The highest BCUT2D eigenvalue weighted by Gasteiger charge is 2.23. The summed E-state index contributed by atoms with van der Waals surface area (Å²) in [7, 11) is 0. The lowest BCUT2D eigenvalue weighted by atomic mass is 9.76. The molecule has 1 unspecified atom stereocenters. The molecule has 0 bridgehead atoms. The minimum Gasteiger partial charge on any atom is -0.490 e. The number of rotatable bonds is 7. The minimum absolute atomic E-state index is 0.256. The molecule has 2 fully saturated rings. The molecule has 26 heavy (non-hydrogen) atoms. The van der Waals surface area contributed by atoms with Crippen LogP contribution < -0.4 is 4.74 Å². The molecule has 3 rings (SSSR count). The highest BCUT2D eigenvalue weighted by Crippen LogP contribution is 2.37. The van der Waals surface area contributed by atoms with Crippen LogP contribution in [0.25, 0.3) is 0 Å². The smallest absolute Gasteiger partial charge is 0.119 e. The van der Waals surface area contributed by atoms with Crippen LogP contribution in [0.4, 0.5) is 0 Å². The number of ether oxygens (including phenoxy) is 1. The summed E-state index contributed by atoms with van der Waals surface area (Å²) in [6.07, 6.45) is 22.1. The van der Waals surface area contributed by atoms with Crippen molar-refractivity contribution < 1.29 is 4.74 Å². The molecule has 2 aliphatic carbocycles. The molecule has 0 radical (unpaired) electrons. The third kappa shape index (κ3) is 5.54. The monoisotopic (exact) mass is 352 g/mol. The predicted octanol–water partition coefficient (Wildman–Crippen LogP) is 7.11. The zero-order valence-electron chi connectivity index (χ0n) is 16.6. The second-order valence-corrected chi connectivity index (χ2v) is 8.58. The topological polar surface area (TPSA) is 9.23 Å². The molecule has 1 nitrogen and oxygen atoms in total. The fraction of sp³-hybridized carbons (Fsp3) is 0.680. The number of hydrogen-bond acceptors (Lipinski definition) is 1. The molecule has 1 heteroatoms. The minimum atomic E-state index is 0.256. The summed E-state index contributed by atoms with van der Waals surface area (Å²) >= 11 is 0. The Kier molecular flexibility index (Phi) is 7.48. The first-order valence-corrected chi connectivity index (χ1v) is 11.0. The van der Waals surface area contributed by atoms with Crippen LogP contribution in [0, 0.1) is 24.2 Å². The lowest BCUT2D eigenvalue weighted by molar-refractivity contribution is 0.155. The number of benzene rings is 1. The van der Waals surface area contributed by atoms with Crippen LogP contribution in [0.1, 0.15) is 95.5 Å². The summed E-state index contributed by atoms with van der Waals surface area (Å²) in [5.41, 5.74) is 1.29. The molecular weight excluding hydrogens is 316 g/mol. The van der Waals surface area contributed by atoms with Crippen LogP contribution >= 0.6 is 0 Å². The van der Waals surface area contributed by atoms with Crippen molar-refractivity contribution in [2.24, 2.45) is 11.8 Å². The molecule has 1 aromatic rings. The van der Waals surface area contributed by atoms with Crippen LogP contribution in [0.3, 0.4) is 0 Å². The molecule has 2 saturated carbocycles. The zero-order chi connectivity index (χ0) is 18.2. The van der Waals surface area contributed by atoms with Crippen molar-refractivity contribution in [1.82, 2.24) is 0 Å². The average Bonchev–Trinajstić information content (AvgIpc) is 2.69. The van der Waals surface area contributed by atoms with Gasteiger partial charge in [-0.05, 0) is 61.6 Å². The van der Waals surface area contributed by atoms with E-state index >= 15 is 0 Å². The molecule has 0 saturated heterocycles. The van der Waals surface area contributed by atoms with Gasteiger partial charge in [-0.25, -0.2) is 0 Å². The van der Waals surface area contributed by atoms with Gasteiger partial charge in [0.25, 0.3) is 0 Å². The first-order chi connectivity index (χ1) is 12.8. The Morgan fingerprint density at radius 2 is 1.62 bits per heavy atom. The Labute approximate surface area is 160 Å². The Morgan fingerprint density at radius 3 is 2.23 bits per heavy atom. The lowest BCUT2D eigenvalue weighted by Gasteiger charge is -2.30. The summed E-state index contributed by atoms with van der Waals surface area (Å²) in [6.45, 7) is 2.31. The molecule has 142 valence electrons. The lowest BCUT2D eigenvalue weighted by Crippen LogP contribution is -2.19. The van der Waals surface area contributed by atoms with Crippen molar-refractivity contribution in [1.29, 1.82) is 0 Å². The van der Waals surface area contributed by atoms with Gasteiger partial charge in [-0.1, -0.05) is 69.9 Å². The maximum absolute atomic E-state index is 6.16. The van der Waals surface area contributed by atoms with E-state index in [1.54, 1.807) is 0 Å². The normalized spacial score (nSPS) is 25.4. The van der Waals surface area contributed by atoms with E-state index in [2.05, 4.69) is 37.1 Å². The van der Waals surface area contributed by atoms with Gasteiger partial charge in [-0.3, -0.25) is 0 Å². The van der Waals surface area contributed by atoms with Crippen molar-refractivity contribution in [3.05, 3.63) is 29.8 Å². The third-order valence-electron chi connectivity index (χ3n) is 6.57. The van der Waals surface area contributed by atoms with Crippen molar-refractivity contribution in [2.75, 3.05) is 0 Å². The van der Waals surface area contributed by atoms with E-state index in [1.807, 2.05) is 0 Å². The maximum Gasteiger partial charge on any atom is 0.119 e. The number of hydrogen-bond donors (Lipinski definition) is 0. The molecule has 0 amide bonds. The van der Waals surface area contributed by atoms with Gasteiger partial charge in [0.05, 0.1) is 6.10 Å². The van der Waals surface area contributed by atoms with E-state index in [9.17, 15) is 0 Å². The molecule has 0 aliphatic heterocycles. The first-order valence-electron chi connectivity index (χ1n) is 11.0. The Hall–Kier alpha value is -1.42. The Bertz CT molecular complexity index is 553. The predicted molar refractivity (Wildman–Crippen MR) is 110 cm³/mol. The number of terminal acetylenes is 1. The quantitative estimate of drug-likeness (QED) is 0.475. The van der Waals surface area contributed by atoms with Crippen molar-refractivity contribution in [3.63, 3.8) is 0 Å². The Balaban J connectivity index is 1.51. The van der Waals surface area contributed by atoms with Gasteiger partial charge in [-0.2, -0.15) is 0 Å². The van der Waals surface area contributed by atoms with E-state index < -0.39 is 0 Å². The van der Waals surface area contributed by atoms with Crippen molar-refractivity contribution in [2.45, 2.75) is 96.0 Å². The van der Waals surface area contributed by atoms with Gasteiger partial charge in [0.2, 0.25) is 0 Å². The summed E-state index contributed by atoms with van der Waals surface area (Å²) < 4.78 is 6.16. The van der Waals surface area contributed by atoms with Crippen LogP contribution in [0.15, 0.2) is 24.3 Å². The van der Waals surface area contributed by atoms with Crippen LogP contribution in [-0.4, -0.2) is 6.10 Å². The molecule has 1 aromatic carbocycles. The summed E-state index contributed by atoms with van der Waals surface area (Å²) in [5.74, 6) is 6.11. The second-order valence-electron chi connectivity index (χ2n) is 8.58. The molecule has 0 spiro atoms. The molecule has 0 aromatic heterocycles. The van der Waals surface area contributed by atoms with E-state index in [-0.39, 0.29) is 5.92 Å². The van der Waals surface area contributed by atoms with Gasteiger partial charge in [0.15, 0.2) is 0 Å². The summed E-state index contributed by atoms with van der Waals surface area (Å²) in [5, 5.41) is 0. The largest absolute Gasteiger partial charge is 0.490 e. The SMILES string of the molecule is C#CC(CC1CCC(CCC)CC1)c1ccc(OC2CCCCC2)cc1. The molecule has 1 atom stereocenters. The summed E-state index contributed by atoms with van der Waals surface area (Å²) in [4.78, 5) is 0. The first kappa shape index (κ1) is 19.3. The fourth-order valence-electron chi connectivity index (χ4n) is 4.95.